The van der Waals surface area contributed by atoms with Crippen molar-refractivity contribution < 1.29 is 44.3 Å². The van der Waals surface area contributed by atoms with Crippen LogP contribution in [0.4, 0.5) is 0 Å². The van der Waals surface area contributed by atoms with Gasteiger partial charge in [0.1, 0.15) is 28.6 Å². The number of primary amides is 1. The third-order valence-electron chi connectivity index (χ3n) is 7.57. The Morgan fingerprint density at radius 1 is 1.32 bits per heavy atom. The van der Waals surface area contributed by atoms with Crippen LogP contribution in [-0.2, 0) is 20.7 Å². The summed E-state index contributed by atoms with van der Waals surface area (Å²) < 4.78 is 10.9. The number of aliphatic hydroxyl groups is 3. The van der Waals surface area contributed by atoms with E-state index in [0.29, 0.717) is 11.8 Å². The summed E-state index contributed by atoms with van der Waals surface area (Å²) in [5.74, 6) is -6.97. The molecule has 5 atom stereocenters. The first-order valence-electron chi connectivity index (χ1n) is 10.6. The van der Waals surface area contributed by atoms with Crippen molar-refractivity contribution in [2.24, 2.45) is 17.6 Å². The van der Waals surface area contributed by atoms with Gasteiger partial charge in [0.2, 0.25) is 11.6 Å². The molecule has 1 saturated heterocycles. The number of methoxy groups -OCH3 is 1. The first-order chi connectivity index (χ1) is 16.0. The third kappa shape index (κ3) is 2.38. The highest BCUT2D eigenvalue weighted by Crippen LogP contribution is 2.67. The van der Waals surface area contributed by atoms with Crippen LogP contribution >= 0.6 is 0 Å². The number of aliphatic hydroxyl groups excluding tert-OH is 2. The van der Waals surface area contributed by atoms with Gasteiger partial charge < -0.3 is 35.6 Å². The molecule has 34 heavy (non-hydrogen) atoms. The highest BCUT2D eigenvalue weighted by molar-refractivity contribution is 6.14. The normalized spacial score (nSPS) is 33.7. The molecular weight excluding hydrogens is 448 g/mol. The van der Waals surface area contributed by atoms with Crippen molar-refractivity contribution in [3.63, 3.8) is 0 Å². The molecule has 2 fully saturated rings. The Morgan fingerprint density at radius 3 is 2.56 bits per heavy atom. The number of amides is 1. The summed E-state index contributed by atoms with van der Waals surface area (Å²) in [6, 6.07) is 0.484. The number of aromatic hydroxyl groups is 1. The van der Waals surface area contributed by atoms with E-state index in [0.717, 1.165) is 0 Å². The molecule has 11 nitrogen and oxygen atoms in total. The lowest BCUT2D eigenvalue weighted by Crippen LogP contribution is -2.60. The number of Topliss-reactive ketones (excluding diaryl/α,β-unsaturated/α-hetero) is 1. The van der Waals surface area contributed by atoms with Crippen LogP contribution < -0.4 is 10.5 Å². The van der Waals surface area contributed by atoms with Gasteiger partial charge in [-0.25, -0.2) is 0 Å². The van der Waals surface area contributed by atoms with Crippen molar-refractivity contribution in [2.45, 2.75) is 30.3 Å². The molecule has 1 unspecified atom stereocenters. The van der Waals surface area contributed by atoms with Gasteiger partial charge in [-0.1, -0.05) is 0 Å². The Balaban J connectivity index is 1.75. The van der Waals surface area contributed by atoms with E-state index in [1.165, 1.54) is 13.2 Å². The number of carbonyl (C=O) groups excluding carboxylic acids is 3. The van der Waals surface area contributed by atoms with Crippen LogP contribution in [0, 0.1) is 11.8 Å². The second kappa shape index (κ2) is 6.81. The van der Waals surface area contributed by atoms with Crippen LogP contribution in [0.5, 0.6) is 11.5 Å². The predicted molar refractivity (Wildman–Crippen MR) is 115 cm³/mol. The molecule has 180 valence electrons. The summed E-state index contributed by atoms with van der Waals surface area (Å²) in [7, 11) is 4.67. The lowest BCUT2D eigenvalue weighted by atomic mass is 9.58. The van der Waals surface area contributed by atoms with Gasteiger partial charge in [-0.15, -0.1) is 0 Å². The Kier molecular flexibility index (Phi) is 4.48. The molecule has 1 spiro atoms. The second-order valence-electron chi connectivity index (χ2n) is 9.34. The van der Waals surface area contributed by atoms with Gasteiger partial charge in [-0.3, -0.25) is 19.3 Å². The maximum Gasteiger partial charge on any atom is 0.253 e. The topological polar surface area (TPSA) is 183 Å². The van der Waals surface area contributed by atoms with Gasteiger partial charge in [0.05, 0.1) is 24.3 Å². The Labute approximate surface area is 193 Å². The number of fused-ring (bicyclic) bond motifs is 2. The molecule has 1 amide bonds. The zero-order chi connectivity index (χ0) is 24.9. The van der Waals surface area contributed by atoms with Crippen molar-refractivity contribution in [3.05, 3.63) is 39.7 Å². The van der Waals surface area contributed by atoms with Crippen LogP contribution in [0.2, 0.25) is 0 Å². The molecule has 0 bridgehead atoms. The average Bonchev–Trinajstić information content (AvgIpc) is 3.39. The zero-order valence-electron chi connectivity index (χ0n) is 18.7. The summed E-state index contributed by atoms with van der Waals surface area (Å²) in [5, 5.41) is 43.9. The van der Waals surface area contributed by atoms with E-state index >= 15 is 0 Å². The van der Waals surface area contributed by atoms with Crippen molar-refractivity contribution in [2.75, 3.05) is 21.2 Å². The van der Waals surface area contributed by atoms with Crippen LogP contribution in [0.3, 0.4) is 0 Å². The fraction of sp³-hybridized carbons (Fsp3) is 0.435. The van der Waals surface area contributed by atoms with Crippen LogP contribution in [0.15, 0.2) is 23.0 Å². The van der Waals surface area contributed by atoms with Gasteiger partial charge in [0, 0.05) is 17.1 Å². The number of benzene rings is 1. The molecule has 11 heteroatoms. The SMILES string of the molecule is COc1cc(C=O)c(O)c2c1C[C@H]1C[C@H]3[C@H](N(C)C)C(O)=C(C(N)=O)C4(O)O[C@]34C(=O)C1=C2O. The summed E-state index contributed by atoms with van der Waals surface area (Å²) >= 11 is 0. The maximum atomic E-state index is 13.9. The van der Waals surface area contributed by atoms with E-state index in [2.05, 4.69) is 0 Å². The Bertz CT molecular complexity index is 1250. The third-order valence-corrected chi connectivity index (χ3v) is 7.57. The number of likely N-dealkylation sites (N-methyl/N-ethyl adjacent to an activating group) is 1. The van der Waals surface area contributed by atoms with Gasteiger partial charge in [0.15, 0.2) is 11.9 Å². The molecule has 4 aliphatic rings. The fourth-order valence-electron chi connectivity index (χ4n) is 6.18. The summed E-state index contributed by atoms with van der Waals surface area (Å²) in [6.45, 7) is 0. The number of phenolic OH excluding ortho intramolecular Hbond substituents is 1. The molecule has 1 saturated carbocycles. The molecule has 1 aliphatic heterocycles. The molecule has 0 aromatic heterocycles. The van der Waals surface area contributed by atoms with Crippen molar-refractivity contribution in [1.29, 1.82) is 0 Å². The van der Waals surface area contributed by atoms with E-state index in [4.69, 9.17) is 15.2 Å². The predicted octanol–water partition coefficient (Wildman–Crippen LogP) is -0.0575. The number of aldehydes is 1. The number of ether oxygens (including phenoxy) is 2. The number of phenols is 1. The average molecular weight is 472 g/mol. The summed E-state index contributed by atoms with van der Waals surface area (Å²) in [4.78, 5) is 39.1. The summed E-state index contributed by atoms with van der Waals surface area (Å²) in [5.41, 5.74) is 2.97. The van der Waals surface area contributed by atoms with Gasteiger partial charge in [-0.05, 0) is 38.9 Å². The molecule has 0 radical (unpaired) electrons. The largest absolute Gasteiger partial charge is 0.510 e. The zero-order valence-corrected chi connectivity index (χ0v) is 18.7. The molecular formula is C23H24N2O9. The van der Waals surface area contributed by atoms with E-state index in [9.17, 15) is 34.8 Å². The minimum Gasteiger partial charge on any atom is -0.510 e. The lowest BCUT2D eigenvalue weighted by Gasteiger charge is -2.45. The number of rotatable bonds is 4. The van der Waals surface area contributed by atoms with E-state index in [1.807, 2.05) is 0 Å². The minimum atomic E-state index is -2.44. The number of carbonyl (C=O) groups is 3. The van der Waals surface area contributed by atoms with Gasteiger partial charge in [-0.2, -0.15) is 0 Å². The molecule has 5 rings (SSSR count). The first-order valence-corrected chi connectivity index (χ1v) is 10.6. The Morgan fingerprint density at radius 2 is 2.00 bits per heavy atom. The number of nitrogens with zero attached hydrogens (tertiary/aromatic N) is 1. The number of ketones is 1. The van der Waals surface area contributed by atoms with Crippen LogP contribution in [0.1, 0.15) is 27.9 Å². The van der Waals surface area contributed by atoms with Crippen molar-refractivity contribution >= 4 is 23.7 Å². The van der Waals surface area contributed by atoms with E-state index in [1.54, 1.807) is 19.0 Å². The van der Waals surface area contributed by atoms with E-state index in [-0.39, 0.29) is 35.3 Å². The highest BCUT2D eigenvalue weighted by atomic mass is 16.8. The van der Waals surface area contributed by atoms with Gasteiger partial charge >= 0.3 is 0 Å². The van der Waals surface area contributed by atoms with Crippen molar-refractivity contribution in [3.8, 4) is 11.5 Å². The standard InChI is InChI=1S/C23H24N2O9/c1-25(2)16-11-5-8-4-10-12(33-3)6-9(7-26)17(27)14(10)18(28)13(8)20(30)22(11)23(32,34-22)15(19(16)29)21(24)31/h6-8,11,16,27-29,32H,4-5H2,1-3H3,(H2,24,31)/t8-,11-,16-,22-,23?/m0/s1. The lowest BCUT2D eigenvalue weighted by molar-refractivity contribution is -0.127. The molecule has 1 aromatic rings. The van der Waals surface area contributed by atoms with Gasteiger partial charge in [0.25, 0.3) is 5.91 Å². The molecule has 1 aromatic carbocycles. The number of epoxide rings is 1. The number of hydrogen-bond donors (Lipinski definition) is 5. The van der Waals surface area contributed by atoms with E-state index < -0.39 is 63.8 Å². The smallest absolute Gasteiger partial charge is 0.253 e. The monoisotopic (exact) mass is 472 g/mol. The number of nitrogens with two attached hydrogens (primary N) is 1. The first kappa shape index (κ1) is 22.4. The summed E-state index contributed by atoms with van der Waals surface area (Å²) in [6.07, 6.45) is 0.762. The molecule has 3 aliphatic carbocycles. The minimum absolute atomic E-state index is 0.0946. The maximum absolute atomic E-state index is 13.9. The van der Waals surface area contributed by atoms with Crippen LogP contribution in [0.25, 0.3) is 5.76 Å². The Hall–Kier alpha value is -3.41. The molecule has 6 N–H and O–H groups in total. The van der Waals surface area contributed by atoms with Crippen LogP contribution in [-0.4, -0.2) is 81.9 Å². The molecule has 1 heterocycles. The fourth-order valence-corrected chi connectivity index (χ4v) is 6.18. The van der Waals surface area contributed by atoms with Crippen molar-refractivity contribution in [1.82, 2.24) is 4.90 Å². The number of hydrogen-bond acceptors (Lipinski definition) is 10. The second-order valence-corrected chi connectivity index (χ2v) is 9.34. The quantitative estimate of drug-likeness (QED) is 0.294. The highest BCUT2D eigenvalue weighted by Gasteiger charge is 2.85.